The first-order chi connectivity index (χ1) is 9.16. The van der Waals surface area contributed by atoms with Crippen molar-refractivity contribution in [2.24, 2.45) is 0 Å². The average Bonchev–Trinajstić information content (AvgIpc) is 2.74. The monoisotopic (exact) mass is 257 g/mol. The number of rotatable bonds is 2. The molecule has 1 saturated carbocycles. The van der Waals surface area contributed by atoms with E-state index in [1.165, 1.54) is 48.7 Å². The van der Waals surface area contributed by atoms with E-state index in [0.717, 1.165) is 5.52 Å². The molecule has 1 aliphatic carbocycles. The lowest BCUT2D eigenvalue weighted by Gasteiger charge is -2.22. The van der Waals surface area contributed by atoms with Gasteiger partial charge in [0, 0.05) is 16.6 Å². The fourth-order valence-electron chi connectivity index (χ4n) is 3.40. The second kappa shape index (κ2) is 4.72. The quantitative estimate of drug-likeness (QED) is 0.846. The third-order valence-corrected chi connectivity index (χ3v) is 4.30. The van der Waals surface area contributed by atoms with E-state index in [-0.39, 0.29) is 0 Å². The van der Waals surface area contributed by atoms with Gasteiger partial charge in [-0.05, 0) is 43.4 Å². The second-order valence-corrected chi connectivity index (χ2v) is 5.56. The van der Waals surface area contributed by atoms with E-state index in [2.05, 4.69) is 11.9 Å². The Kier molecular flexibility index (Phi) is 3.05. The molecule has 0 bridgehead atoms. The molecule has 1 aliphatic rings. The normalized spacial score (nSPS) is 16.9. The molecule has 1 fully saturated rings. The molecule has 100 valence electrons. The van der Waals surface area contributed by atoms with E-state index >= 15 is 0 Å². The van der Waals surface area contributed by atoms with Gasteiger partial charge in [0.05, 0.1) is 5.56 Å². The highest BCUT2D eigenvalue weighted by Crippen LogP contribution is 2.38. The lowest BCUT2D eigenvalue weighted by Crippen LogP contribution is -2.05. The molecule has 1 heterocycles. The summed E-state index contributed by atoms with van der Waals surface area (Å²) in [5.41, 5.74) is 3.91. The number of fused-ring (bicyclic) bond motifs is 1. The van der Waals surface area contributed by atoms with Gasteiger partial charge in [-0.2, -0.15) is 0 Å². The first-order valence-electron chi connectivity index (χ1n) is 7.02. The summed E-state index contributed by atoms with van der Waals surface area (Å²) in [4.78, 5) is 14.4. The summed E-state index contributed by atoms with van der Waals surface area (Å²) < 4.78 is 0. The van der Waals surface area contributed by atoms with Gasteiger partial charge in [-0.3, -0.25) is 0 Å². The van der Waals surface area contributed by atoms with Crippen molar-refractivity contribution in [3.8, 4) is 0 Å². The smallest absolute Gasteiger partial charge is 0.335 e. The highest BCUT2D eigenvalue weighted by atomic mass is 16.4. The summed E-state index contributed by atoms with van der Waals surface area (Å²) in [6, 6.07) is 5.42. The van der Waals surface area contributed by atoms with Crippen LogP contribution in [0.1, 0.15) is 59.6 Å². The van der Waals surface area contributed by atoms with Gasteiger partial charge < -0.3 is 10.1 Å². The number of aromatic nitrogens is 1. The van der Waals surface area contributed by atoms with E-state index in [9.17, 15) is 4.79 Å². The molecule has 0 unspecified atom stereocenters. The van der Waals surface area contributed by atoms with Crippen LogP contribution in [0, 0.1) is 6.92 Å². The Hall–Kier alpha value is -1.77. The van der Waals surface area contributed by atoms with Gasteiger partial charge in [0.25, 0.3) is 0 Å². The van der Waals surface area contributed by atoms with Crippen molar-refractivity contribution in [2.75, 3.05) is 0 Å². The minimum atomic E-state index is -0.867. The molecule has 3 nitrogen and oxygen atoms in total. The molecule has 3 heteroatoms. The third kappa shape index (κ3) is 2.14. The molecule has 0 radical (unpaired) electrons. The van der Waals surface area contributed by atoms with Gasteiger partial charge in [-0.1, -0.05) is 25.3 Å². The zero-order chi connectivity index (χ0) is 13.4. The highest BCUT2D eigenvalue weighted by Gasteiger charge is 2.21. The van der Waals surface area contributed by atoms with Crippen molar-refractivity contribution in [1.29, 1.82) is 0 Å². The van der Waals surface area contributed by atoms with E-state index in [4.69, 9.17) is 5.11 Å². The molecule has 2 aromatic rings. The fraction of sp³-hybridized carbons (Fsp3) is 0.438. The van der Waals surface area contributed by atoms with Crippen molar-refractivity contribution in [1.82, 2.24) is 4.98 Å². The zero-order valence-corrected chi connectivity index (χ0v) is 11.2. The van der Waals surface area contributed by atoms with E-state index in [0.29, 0.717) is 11.5 Å². The largest absolute Gasteiger partial charge is 0.478 e. The minimum Gasteiger partial charge on any atom is -0.478 e. The molecule has 0 saturated heterocycles. The van der Waals surface area contributed by atoms with Crippen molar-refractivity contribution < 1.29 is 9.90 Å². The van der Waals surface area contributed by atoms with Crippen LogP contribution in [0.2, 0.25) is 0 Å². The number of aromatic carboxylic acids is 1. The number of carboxylic acid groups (broad SMARTS) is 1. The molecular formula is C16H19NO2. The van der Waals surface area contributed by atoms with Crippen LogP contribution in [-0.4, -0.2) is 16.1 Å². The molecule has 0 amide bonds. The zero-order valence-electron chi connectivity index (χ0n) is 11.2. The number of H-pyrrole nitrogens is 1. The maximum Gasteiger partial charge on any atom is 0.335 e. The third-order valence-electron chi connectivity index (χ3n) is 4.30. The molecule has 1 aromatic carbocycles. The van der Waals surface area contributed by atoms with E-state index < -0.39 is 5.97 Å². The summed E-state index contributed by atoms with van der Waals surface area (Å²) in [6.45, 7) is 2.10. The van der Waals surface area contributed by atoms with Gasteiger partial charge in [0.1, 0.15) is 0 Å². The molecule has 19 heavy (non-hydrogen) atoms. The lowest BCUT2D eigenvalue weighted by molar-refractivity contribution is 0.0697. The number of hydrogen-bond donors (Lipinski definition) is 2. The van der Waals surface area contributed by atoms with Gasteiger partial charge in [-0.15, -0.1) is 0 Å². The van der Waals surface area contributed by atoms with Crippen molar-refractivity contribution >= 4 is 16.9 Å². The first-order valence-corrected chi connectivity index (χ1v) is 7.02. The minimum absolute atomic E-state index is 0.351. The number of nitrogens with one attached hydrogen (secondary N) is 1. The standard InChI is InChI=1S/C16H19NO2/c1-10-15(11-5-3-2-4-6-11)13-8-7-12(16(18)19)9-14(13)17-10/h7-9,11,17H,2-6H2,1H3,(H,18,19). The average molecular weight is 257 g/mol. The molecular weight excluding hydrogens is 238 g/mol. The van der Waals surface area contributed by atoms with Crippen LogP contribution < -0.4 is 0 Å². The van der Waals surface area contributed by atoms with Gasteiger partial charge in [0.15, 0.2) is 0 Å². The van der Waals surface area contributed by atoms with Crippen molar-refractivity contribution in [3.05, 3.63) is 35.0 Å². The maximum atomic E-state index is 11.0. The maximum absolute atomic E-state index is 11.0. The van der Waals surface area contributed by atoms with Crippen LogP contribution in [0.4, 0.5) is 0 Å². The molecule has 0 aliphatic heterocycles. The first kappa shape index (κ1) is 12.3. The van der Waals surface area contributed by atoms with Gasteiger partial charge >= 0.3 is 5.97 Å². The molecule has 0 spiro atoms. The molecule has 3 rings (SSSR count). The Bertz CT molecular complexity index is 621. The van der Waals surface area contributed by atoms with Crippen molar-refractivity contribution in [2.45, 2.75) is 44.9 Å². The SMILES string of the molecule is Cc1[nH]c2cc(C(=O)O)ccc2c1C1CCCCC1. The summed E-state index contributed by atoms with van der Waals surface area (Å²) >= 11 is 0. The fourth-order valence-corrected chi connectivity index (χ4v) is 3.40. The van der Waals surface area contributed by atoms with Gasteiger partial charge in [-0.25, -0.2) is 4.79 Å². The predicted octanol–water partition coefficient (Wildman–Crippen LogP) is 4.22. The number of benzene rings is 1. The number of aromatic amines is 1. The molecule has 2 N–H and O–H groups in total. The highest BCUT2D eigenvalue weighted by molar-refractivity contribution is 5.95. The molecule has 0 atom stereocenters. The van der Waals surface area contributed by atoms with Crippen LogP contribution in [0.15, 0.2) is 18.2 Å². The van der Waals surface area contributed by atoms with E-state index in [1.54, 1.807) is 12.1 Å². The number of carboxylic acids is 1. The van der Waals surface area contributed by atoms with E-state index in [1.807, 2.05) is 6.07 Å². The Morgan fingerprint density at radius 1 is 1.26 bits per heavy atom. The Morgan fingerprint density at radius 3 is 2.68 bits per heavy atom. The Balaban J connectivity index is 2.09. The lowest BCUT2D eigenvalue weighted by atomic mass is 9.83. The molecule has 1 aromatic heterocycles. The summed E-state index contributed by atoms with van der Waals surface area (Å²) in [5, 5.41) is 10.3. The van der Waals surface area contributed by atoms with Crippen LogP contribution in [0.25, 0.3) is 10.9 Å². The Morgan fingerprint density at radius 2 is 2.00 bits per heavy atom. The predicted molar refractivity (Wildman–Crippen MR) is 75.8 cm³/mol. The van der Waals surface area contributed by atoms with Crippen LogP contribution in [0.5, 0.6) is 0 Å². The van der Waals surface area contributed by atoms with Gasteiger partial charge in [0.2, 0.25) is 0 Å². The van der Waals surface area contributed by atoms with Crippen LogP contribution in [0.3, 0.4) is 0 Å². The van der Waals surface area contributed by atoms with Crippen LogP contribution in [-0.2, 0) is 0 Å². The number of aryl methyl sites for hydroxylation is 1. The van der Waals surface area contributed by atoms with Crippen LogP contribution >= 0.6 is 0 Å². The Labute approximate surface area is 112 Å². The summed E-state index contributed by atoms with van der Waals surface area (Å²) in [6.07, 6.45) is 6.48. The summed E-state index contributed by atoms with van der Waals surface area (Å²) in [5.74, 6) is -0.230. The van der Waals surface area contributed by atoms with Crippen molar-refractivity contribution in [3.63, 3.8) is 0 Å². The second-order valence-electron chi connectivity index (χ2n) is 5.56. The topological polar surface area (TPSA) is 53.1 Å². The number of hydrogen-bond acceptors (Lipinski definition) is 1. The number of carbonyl (C=O) groups is 1. The summed E-state index contributed by atoms with van der Waals surface area (Å²) in [7, 11) is 0.